The summed E-state index contributed by atoms with van der Waals surface area (Å²) in [6.07, 6.45) is 0.711. The lowest BCUT2D eigenvalue weighted by atomic mass is 10.1. The quantitative estimate of drug-likeness (QED) is 0.359. The van der Waals surface area contributed by atoms with Crippen molar-refractivity contribution in [1.82, 2.24) is 14.9 Å². The van der Waals surface area contributed by atoms with Gasteiger partial charge in [-0.25, -0.2) is 4.98 Å². The van der Waals surface area contributed by atoms with Crippen LogP contribution in [0.4, 0.5) is 0 Å². The zero-order valence-corrected chi connectivity index (χ0v) is 18.9. The maximum atomic E-state index is 12.9. The third-order valence-corrected chi connectivity index (χ3v) is 6.05. The van der Waals surface area contributed by atoms with Gasteiger partial charge in [-0.15, -0.1) is 0 Å². The third kappa shape index (κ3) is 4.60. The maximum absolute atomic E-state index is 12.9. The Labute approximate surface area is 191 Å². The van der Waals surface area contributed by atoms with Crippen LogP contribution in [0.15, 0.2) is 66.7 Å². The SMILES string of the molecule is CCC(NC(=O)c1cccc(C)c1)c1nc2ccccc2n1Cc1ccc(Cl)c(Cl)c1. The van der Waals surface area contributed by atoms with E-state index in [-0.39, 0.29) is 11.9 Å². The van der Waals surface area contributed by atoms with Crippen molar-refractivity contribution in [3.8, 4) is 0 Å². The van der Waals surface area contributed by atoms with Crippen molar-refractivity contribution in [2.45, 2.75) is 32.9 Å². The topological polar surface area (TPSA) is 46.9 Å². The van der Waals surface area contributed by atoms with Gasteiger partial charge in [-0.2, -0.15) is 0 Å². The molecule has 0 spiro atoms. The first-order chi connectivity index (χ1) is 15.0. The van der Waals surface area contributed by atoms with Crippen molar-refractivity contribution >= 4 is 40.1 Å². The zero-order valence-electron chi connectivity index (χ0n) is 17.4. The van der Waals surface area contributed by atoms with Crippen LogP contribution in [0.5, 0.6) is 0 Å². The number of imidazole rings is 1. The summed E-state index contributed by atoms with van der Waals surface area (Å²) in [6, 6.07) is 21.0. The highest BCUT2D eigenvalue weighted by molar-refractivity contribution is 6.42. The molecule has 4 aromatic rings. The number of aryl methyl sites for hydroxylation is 1. The number of carbonyl (C=O) groups is 1. The van der Waals surface area contributed by atoms with Gasteiger partial charge < -0.3 is 9.88 Å². The Morgan fingerprint density at radius 2 is 1.84 bits per heavy atom. The highest BCUT2D eigenvalue weighted by atomic mass is 35.5. The lowest BCUT2D eigenvalue weighted by Gasteiger charge is -2.19. The van der Waals surface area contributed by atoms with E-state index in [4.69, 9.17) is 28.2 Å². The molecule has 1 aromatic heterocycles. The second-order valence-corrected chi connectivity index (χ2v) is 8.41. The average Bonchev–Trinajstić information content (AvgIpc) is 3.12. The summed E-state index contributed by atoms with van der Waals surface area (Å²) >= 11 is 12.3. The number of fused-ring (bicyclic) bond motifs is 1. The van der Waals surface area contributed by atoms with Gasteiger partial charge in [0.15, 0.2) is 0 Å². The van der Waals surface area contributed by atoms with Crippen molar-refractivity contribution < 1.29 is 4.79 Å². The Balaban J connectivity index is 1.72. The second-order valence-electron chi connectivity index (χ2n) is 7.60. The fourth-order valence-corrected chi connectivity index (χ4v) is 4.04. The summed E-state index contributed by atoms with van der Waals surface area (Å²) in [5.41, 5.74) is 4.60. The number of aromatic nitrogens is 2. The summed E-state index contributed by atoms with van der Waals surface area (Å²) in [4.78, 5) is 17.8. The molecule has 1 heterocycles. The number of nitrogens with one attached hydrogen (secondary N) is 1. The van der Waals surface area contributed by atoms with E-state index in [0.717, 1.165) is 28.0 Å². The van der Waals surface area contributed by atoms with Crippen LogP contribution in [-0.4, -0.2) is 15.5 Å². The molecule has 0 aliphatic carbocycles. The standard InChI is InChI=1S/C25H23Cl2N3O/c1-3-21(29-25(31)18-8-6-7-16(2)13-18)24-28-22-9-4-5-10-23(22)30(24)15-17-11-12-19(26)20(27)14-17/h4-14,21H,3,15H2,1-2H3,(H,29,31). The first-order valence-electron chi connectivity index (χ1n) is 10.2. The van der Waals surface area contributed by atoms with E-state index in [0.29, 0.717) is 28.6 Å². The van der Waals surface area contributed by atoms with Crippen LogP contribution in [0.25, 0.3) is 11.0 Å². The molecule has 0 saturated carbocycles. The Morgan fingerprint density at radius 1 is 1.03 bits per heavy atom. The van der Waals surface area contributed by atoms with Gasteiger partial charge in [0.2, 0.25) is 0 Å². The largest absolute Gasteiger partial charge is 0.342 e. The summed E-state index contributed by atoms with van der Waals surface area (Å²) in [7, 11) is 0. The Kier molecular flexibility index (Phi) is 6.30. The number of halogens is 2. The Morgan fingerprint density at radius 3 is 2.58 bits per heavy atom. The highest BCUT2D eigenvalue weighted by Gasteiger charge is 2.22. The van der Waals surface area contributed by atoms with Crippen LogP contribution in [0, 0.1) is 6.92 Å². The van der Waals surface area contributed by atoms with Gasteiger partial charge in [-0.1, -0.05) is 66.0 Å². The van der Waals surface area contributed by atoms with Gasteiger partial charge in [0.1, 0.15) is 5.82 Å². The van der Waals surface area contributed by atoms with Crippen molar-refractivity contribution in [3.63, 3.8) is 0 Å². The number of hydrogen-bond acceptors (Lipinski definition) is 2. The molecular weight excluding hydrogens is 429 g/mol. The van der Waals surface area contributed by atoms with E-state index in [9.17, 15) is 4.79 Å². The molecular formula is C25H23Cl2N3O. The molecule has 4 rings (SSSR count). The van der Waals surface area contributed by atoms with E-state index in [1.54, 1.807) is 6.07 Å². The van der Waals surface area contributed by atoms with E-state index in [1.165, 1.54) is 0 Å². The summed E-state index contributed by atoms with van der Waals surface area (Å²) in [5, 5.41) is 4.21. The average molecular weight is 452 g/mol. The van der Waals surface area contributed by atoms with Gasteiger partial charge in [-0.3, -0.25) is 4.79 Å². The molecule has 1 N–H and O–H groups in total. The highest BCUT2D eigenvalue weighted by Crippen LogP contribution is 2.27. The van der Waals surface area contributed by atoms with Crippen molar-refractivity contribution in [3.05, 3.63) is 99.3 Å². The number of benzene rings is 3. The summed E-state index contributed by atoms with van der Waals surface area (Å²) in [6.45, 7) is 4.60. The number of nitrogens with zero attached hydrogens (tertiary/aromatic N) is 2. The second kappa shape index (κ2) is 9.13. The van der Waals surface area contributed by atoms with E-state index in [1.807, 2.05) is 74.5 Å². The zero-order chi connectivity index (χ0) is 22.0. The molecule has 158 valence electrons. The summed E-state index contributed by atoms with van der Waals surface area (Å²) in [5.74, 6) is 0.708. The molecule has 6 heteroatoms. The van der Waals surface area contributed by atoms with Crippen LogP contribution >= 0.6 is 23.2 Å². The van der Waals surface area contributed by atoms with Crippen LogP contribution in [-0.2, 0) is 6.54 Å². The minimum atomic E-state index is -0.233. The molecule has 0 bridgehead atoms. The van der Waals surface area contributed by atoms with Crippen molar-refractivity contribution in [2.24, 2.45) is 0 Å². The van der Waals surface area contributed by atoms with E-state index >= 15 is 0 Å². The molecule has 0 fully saturated rings. The van der Waals surface area contributed by atoms with Gasteiger partial charge in [0.25, 0.3) is 5.91 Å². The van der Waals surface area contributed by atoms with Crippen LogP contribution in [0.2, 0.25) is 10.0 Å². The number of rotatable bonds is 6. The lowest BCUT2D eigenvalue weighted by Crippen LogP contribution is -2.30. The Bertz CT molecular complexity index is 1250. The maximum Gasteiger partial charge on any atom is 0.251 e. The minimum absolute atomic E-state index is 0.108. The number of carbonyl (C=O) groups excluding carboxylic acids is 1. The van der Waals surface area contributed by atoms with Gasteiger partial charge in [0.05, 0.1) is 27.1 Å². The number of hydrogen-bond donors (Lipinski definition) is 1. The first-order valence-corrected chi connectivity index (χ1v) is 11.0. The lowest BCUT2D eigenvalue weighted by molar-refractivity contribution is 0.0933. The molecule has 0 radical (unpaired) electrons. The monoisotopic (exact) mass is 451 g/mol. The van der Waals surface area contributed by atoms with Crippen molar-refractivity contribution in [1.29, 1.82) is 0 Å². The molecule has 1 amide bonds. The fourth-order valence-electron chi connectivity index (χ4n) is 3.72. The predicted octanol–water partition coefficient (Wildman–Crippen LogP) is 6.58. The first kappa shape index (κ1) is 21.4. The molecule has 1 atom stereocenters. The molecule has 4 nitrogen and oxygen atoms in total. The number of amides is 1. The molecule has 0 aliphatic heterocycles. The van der Waals surface area contributed by atoms with Gasteiger partial charge in [0, 0.05) is 12.1 Å². The summed E-state index contributed by atoms with van der Waals surface area (Å²) < 4.78 is 2.14. The molecule has 3 aromatic carbocycles. The van der Waals surface area contributed by atoms with Crippen LogP contribution in [0.1, 0.15) is 46.7 Å². The molecule has 1 unspecified atom stereocenters. The van der Waals surface area contributed by atoms with E-state index in [2.05, 4.69) is 9.88 Å². The minimum Gasteiger partial charge on any atom is -0.342 e. The molecule has 0 aliphatic rings. The van der Waals surface area contributed by atoms with Gasteiger partial charge >= 0.3 is 0 Å². The smallest absolute Gasteiger partial charge is 0.251 e. The fraction of sp³-hybridized carbons (Fsp3) is 0.200. The molecule has 0 saturated heterocycles. The van der Waals surface area contributed by atoms with Crippen LogP contribution < -0.4 is 5.32 Å². The normalized spacial score (nSPS) is 12.1. The predicted molar refractivity (Wildman–Crippen MR) is 127 cm³/mol. The molecule has 31 heavy (non-hydrogen) atoms. The van der Waals surface area contributed by atoms with Gasteiger partial charge in [-0.05, 0) is 55.3 Å². The van der Waals surface area contributed by atoms with Crippen molar-refractivity contribution in [2.75, 3.05) is 0 Å². The Hall–Kier alpha value is -2.82. The van der Waals surface area contributed by atoms with Crippen LogP contribution in [0.3, 0.4) is 0 Å². The number of para-hydroxylation sites is 2. The van der Waals surface area contributed by atoms with E-state index < -0.39 is 0 Å². The third-order valence-electron chi connectivity index (χ3n) is 5.31.